The molecule has 0 aliphatic carbocycles. The summed E-state index contributed by atoms with van der Waals surface area (Å²) in [6, 6.07) is 9.74. The van der Waals surface area contributed by atoms with Gasteiger partial charge in [0, 0.05) is 30.7 Å². The lowest BCUT2D eigenvalue weighted by molar-refractivity contribution is 0.556. The van der Waals surface area contributed by atoms with Crippen LogP contribution in [0.2, 0.25) is 0 Å². The number of hydrogen-bond donors (Lipinski definition) is 1. The molecule has 114 valence electrons. The Hall–Kier alpha value is -1.66. The number of nitrogens with one attached hydrogen (secondary N) is 1. The SMILES string of the molecule is CCS(=O)(=O)CC(C)NCc1ccccc1-n1cccn1. The van der Waals surface area contributed by atoms with E-state index in [9.17, 15) is 8.42 Å². The van der Waals surface area contributed by atoms with Gasteiger partial charge in [-0.05, 0) is 24.6 Å². The maximum absolute atomic E-state index is 11.6. The molecule has 2 aromatic rings. The Balaban J connectivity index is 2.04. The highest BCUT2D eigenvalue weighted by Gasteiger charge is 2.14. The molecule has 0 spiro atoms. The Morgan fingerprint density at radius 2 is 2.05 bits per heavy atom. The average Bonchev–Trinajstić information content (AvgIpc) is 2.99. The summed E-state index contributed by atoms with van der Waals surface area (Å²) in [5.41, 5.74) is 2.09. The molecule has 1 aromatic heterocycles. The molecule has 0 saturated carbocycles. The van der Waals surface area contributed by atoms with Crippen molar-refractivity contribution in [1.29, 1.82) is 0 Å². The summed E-state index contributed by atoms with van der Waals surface area (Å²) in [4.78, 5) is 0. The van der Waals surface area contributed by atoms with Gasteiger partial charge in [0.25, 0.3) is 0 Å². The van der Waals surface area contributed by atoms with Crippen molar-refractivity contribution in [2.24, 2.45) is 0 Å². The Kier molecular flexibility index (Phi) is 5.14. The van der Waals surface area contributed by atoms with Crippen LogP contribution >= 0.6 is 0 Å². The van der Waals surface area contributed by atoms with Crippen LogP contribution in [0.25, 0.3) is 5.69 Å². The molecule has 1 unspecified atom stereocenters. The van der Waals surface area contributed by atoms with E-state index in [1.54, 1.807) is 13.1 Å². The number of rotatable bonds is 7. The highest BCUT2D eigenvalue weighted by Crippen LogP contribution is 2.13. The Morgan fingerprint density at radius 3 is 2.71 bits per heavy atom. The van der Waals surface area contributed by atoms with Crippen molar-refractivity contribution in [3.05, 3.63) is 48.3 Å². The zero-order chi connectivity index (χ0) is 15.3. The summed E-state index contributed by atoms with van der Waals surface area (Å²) in [5, 5.41) is 7.51. The first kappa shape index (κ1) is 15.7. The van der Waals surface area contributed by atoms with Gasteiger partial charge in [0.2, 0.25) is 0 Å². The van der Waals surface area contributed by atoms with Crippen LogP contribution in [0.1, 0.15) is 19.4 Å². The number of hydrogen-bond acceptors (Lipinski definition) is 4. The lowest BCUT2D eigenvalue weighted by atomic mass is 10.1. The first-order valence-electron chi connectivity index (χ1n) is 7.03. The third-order valence-corrected chi connectivity index (χ3v) is 5.22. The van der Waals surface area contributed by atoms with E-state index in [1.807, 2.05) is 48.1 Å². The molecule has 0 fully saturated rings. The standard InChI is InChI=1S/C15H21N3O2S/c1-3-21(19,20)12-13(2)16-11-14-7-4-5-8-15(14)18-10-6-9-17-18/h4-10,13,16H,3,11-12H2,1-2H3. The monoisotopic (exact) mass is 307 g/mol. The second-order valence-corrected chi connectivity index (χ2v) is 7.46. The first-order valence-corrected chi connectivity index (χ1v) is 8.85. The second-order valence-electron chi connectivity index (χ2n) is 5.06. The minimum absolute atomic E-state index is 0.0828. The van der Waals surface area contributed by atoms with Crippen molar-refractivity contribution in [1.82, 2.24) is 15.1 Å². The predicted octanol–water partition coefficient (Wildman–Crippen LogP) is 1.79. The van der Waals surface area contributed by atoms with Gasteiger partial charge in [-0.25, -0.2) is 13.1 Å². The minimum Gasteiger partial charge on any atom is -0.309 e. The predicted molar refractivity (Wildman–Crippen MR) is 84.2 cm³/mol. The minimum atomic E-state index is -2.96. The summed E-state index contributed by atoms with van der Waals surface area (Å²) in [7, 11) is -2.96. The summed E-state index contributed by atoms with van der Waals surface area (Å²) in [6.45, 7) is 4.18. The summed E-state index contributed by atoms with van der Waals surface area (Å²) in [5.74, 6) is 0.344. The van der Waals surface area contributed by atoms with Crippen LogP contribution < -0.4 is 5.32 Å². The lowest BCUT2D eigenvalue weighted by Crippen LogP contribution is -2.33. The number of aromatic nitrogens is 2. The fourth-order valence-electron chi connectivity index (χ4n) is 2.14. The van der Waals surface area contributed by atoms with Gasteiger partial charge in [-0.1, -0.05) is 25.1 Å². The average molecular weight is 307 g/mol. The summed E-state index contributed by atoms with van der Waals surface area (Å²) in [6.07, 6.45) is 3.63. The Bertz CT molecular complexity index is 666. The molecule has 21 heavy (non-hydrogen) atoms. The van der Waals surface area contributed by atoms with E-state index in [0.717, 1.165) is 11.3 Å². The molecule has 0 radical (unpaired) electrons. The molecular formula is C15H21N3O2S. The number of nitrogens with zero attached hydrogens (tertiary/aromatic N) is 2. The summed E-state index contributed by atoms with van der Waals surface area (Å²) < 4.78 is 25.1. The normalized spacial score (nSPS) is 13.2. The zero-order valence-corrected chi connectivity index (χ0v) is 13.2. The quantitative estimate of drug-likeness (QED) is 0.847. The molecule has 0 saturated heterocycles. The van der Waals surface area contributed by atoms with Crippen molar-refractivity contribution in [3.63, 3.8) is 0 Å². The van der Waals surface area contributed by atoms with E-state index in [4.69, 9.17) is 0 Å². The van der Waals surface area contributed by atoms with E-state index >= 15 is 0 Å². The number of benzene rings is 1. The first-order chi connectivity index (χ1) is 10.0. The van der Waals surface area contributed by atoms with E-state index in [1.165, 1.54) is 0 Å². The topological polar surface area (TPSA) is 64.0 Å². The van der Waals surface area contributed by atoms with E-state index in [2.05, 4.69) is 10.4 Å². The fraction of sp³-hybridized carbons (Fsp3) is 0.400. The smallest absolute Gasteiger partial charge is 0.151 e. The molecule has 5 nitrogen and oxygen atoms in total. The van der Waals surface area contributed by atoms with Crippen LogP contribution in [0.4, 0.5) is 0 Å². The highest BCUT2D eigenvalue weighted by molar-refractivity contribution is 7.91. The second kappa shape index (κ2) is 6.87. The molecule has 1 heterocycles. The molecule has 1 atom stereocenters. The third kappa shape index (κ3) is 4.41. The van der Waals surface area contributed by atoms with Crippen molar-refractivity contribution >= 4 is 9.84 Å². The van der Waals surface area contributed by atoms with Crippen molar-refractivity contribution < 1.29 is 8.42 Å². The molecular weight excluding hydrogens is 286 g/mol. The fourth-order valence-corrected chi connectivity index (χ4v) is 3.25. The molecule has 1 N–H and O–H groups in total. The molecule has 6 heteroatoms. The zero-order valence-electron chi connectivity index (χ0n) is 12.4. The number of para-hydroxylation sites is 1. The maximum Gasteiger partial charge on any atom is 0.151 e. The van der Waals surface area contributed by atoms with Crippen molar-refractivity contribution in [3.8, 4) is 5.69 Å². The Labute approximate surface area is 125 Å². The molecule has 1 aromatic carbocycles. The van der Waals surface area contributed by atoms with Crippen LogP contribution in [0.5, 0.6) is 0 Å². The Morgan fingerprint density at radius 1 is 1.29 bits per heavy atom. The largest absolute Gasteiger partial charge is 0.309 e. The van der Waals surface area contributed by atoms with Crippen LogP contribution in [-0.4, -0.2) is 35.7 Å². The van der Waals surface area contributed by atoms with E-state index < -0.39 is 9.84 Å². The third-order valence-electron chi connectivity index (χ3n) is 3.33. The van der Waals surface area contributed by atoms with Gasteiger partial charge in [0.05, 0.1) is 11.4 Å². The van der Waals surface area contributed by atoms with Crippen LogP contribution in [-0.2, 0) is 16.4 Å². The van der Waals surface area contributed by atoms with E-state index in [-0.39, 0.29) is 17.5 Å². The molecule has 0 aliphatic heterocycles. The van der Waals surface area contributed by atoms with Gasteiger partial charge in [-0.15, -0.1) is 0 Å². The van der Waals surface area contributed by atoms with Gasteiger partial charge in [0.15, 0.2) is 9.84 Å². The molecule has 2 rings (SSSR count). The highest BCUT2D eigenvalue weighted by atomic mass is 32.2. The van der Waals surface area contributed by atoms with Gasteiger partial charge in [-0.3, -0.25) is 0 Å². The molecule has 0 amide bonds. The summed E-state index contributed by atoms with van der Waals surface area (Å²) >= 11 is 0. The lowest BCUT2D eigenvalue weighted by Gasteiger charge is -2.15. The molecule has 0 bridgehead atoms. The number of sulfone groups is 1. The van der Waals surface area contributed by atoms with Gasteiger partial charge >= 0.3 is 0 Å². The van der Waals surface area contributed by atoms with Crippen LogP contribution in [0.15, 0.2) is 42.7 Å². The van der Waals surface area contributed by atoms with Gasteiger partial charge < -0.3 is 5.32 Å². The van der Waals surface area contributed by atoms with Crippen LogP contribution in [0, 0.1) is 0 Å². The van der Waals surface area contributed by atoms with Crippen molar-refractivity contribution in [2.75, 3.05) is 11.5 Å². The van der Waals surface area contributed by atoms with E-state index in [0.29, 0.717) is 6.54 Å². The maximum atomic E-state index is 11.6. The van der Waals surface area contributed by atoms with Crippen LogP contribution in [0.3, 0.4) is 0 Å². The molecule has 0 aliphatic rings. The van der Waals surface area contributed by atoms with Gasteiger partial charge in [-0.2, -0.15) is 5.10 Å². The van der Waals surface area contributed by atoms with Crippen molar-refractivity contribution in [2.45, 2.75) is 26.4 Å². The van der Waals surface area contributed by atoms with Gasteiger partial charge in [0.1, 0.15) is 0 Å².